The highest BCUT2D eigenvalue weighted by Gasteiger charge is 2.05. The number of halogens is 1. The third kappa shape index (κ3) is 3.33. The van der Waals surface area contributed by atoms with Gasteiger partial charge in [0.05, 0.1) is 17.6 Å². The van der Waals surface area contributed by atoms with E-state index in [0.717, 1.165) is 32.9 Å². The molecular formula is C16H16BrN5. The summed E-state index contributed by atoms with van der Waals surface area (Å²) in [7, 11) is 0. The molecular weight excluding hydrogens is 342 g/mol. The van der Waals surface area contributed by atoms with Crippen LogP contribution in [0.3, 0.4) is 0 Å². The van der Waals surface area contributed by atoms with Crippen LogP contribution in [0.2, 0.25) is 0 Å². The number of hydrogen-bond donors (Lipinski definition) is 1. The maximum Gasteiger partial charge on any atom is 0.153 e. The van der Waals surface area contributed by atoms with Crippen molar-refractivity contribution in [3.05, 3.63) is 64.3 Å². The lowest BCUT2D eigenvalue weighted by Crippen LogP contribution is -2.04. The summed E-state index contributed by atoms with van der Waals surface area (Å²) in [5.74, 6) is 0.832. The van der Waals surface area contributed by atoms with Crippen LogP contribution in [0, 0.1) is 13.8 Å². The summed E-state index contributed by atoms with van der Waals surface area (Å²) in [6.45, 7) is 4.70. The van der Waals surface area contributed by atoms with Crippen molar-refractivity contribution < 1.29 is 0 Å². The first kappa shape index (κ1) is 14.7. The van der Waals surface area contributed by atoms with Gasteiger partial charge >= 0.3 is 0 Å². The molecule has 0 atom stereocenters. The molecule has 5 nitrogen and oxygen atoms in total. The smallest absolute Gasteiger partial charge is 0.153 e. The Morgan fingerprint density at radius 2 is 2.00 bits per heavy atom. The summed E-state index contributed by atoms with van der Waals surface area (Å²) in [6, 6.07) is 8.06. The summed E-state index contributed by atoms with van der Waals surface area (Å²) in [6.07, 6.45) is 5.42. The minimum Gasteiger partial charge on any atom is -0.380 e. The van der Waals surface area contributed by atoms with Crippen molar-refractivity contribution in [3.63, 3.8) is 0 Å². The zero-order valence-corrected chi connectivity index (χ0v) is 14.0. The molecule has 0 aliphatic carbocycles. The van der Waals surface area contributed by atoms with Crippen LogP contribution in [-0.4, -0.2) is 19.7 Å². The first-order chi connectivity index (χ1) is 10.6. The molecule has 0 aliphatic rings. The van der Waals surface area contributed by atoms with Gasteiger partial charge in [-0.25, -0.2) is 9.67 Å². The molecule has 0 aromatic carbocycles. The van der Waals surface area contributed by atoms with Gasteiger partial charge < -0.3 is 5.32 Å². The van der Waals surface area contributed by atoms with Crippen LogP contribution in [0.1, 0.15) is 17.0 Å². The molecule has 1 N–H and O–H groups in total. The molecule has 0 spiro atoms. The zero-order valence-electron chi connectivity index (χ0n) is 12.4. The van der Waals surface area contributed by atoms with E-state index < -0.39 is 0 Å². The van der Waals surface area contributed by atoms with Gasteiger partial charge in [0.1, 0.15) is 0 Å². The number of anilines is 1. The number of aryl methyl sites for hydroxylation is 2. The Morgan fingerprint density at radius 3 is 2.64 bits per heavy atom. The number of rotatable bonds is 4. The maximum absolute atomic E-state index is 4.49. The van der Waals surface area contributed by atoms with Crippen molar-refractivity contribution in [1.29, 1.82) is 0 Å². The zero-order chi connectivity index (χ0) is 15.5. The quantitative estimate of drug-likeness (QED) is 0.774. The summed E-state index contributed by atoms with van der Waals surface area (Å²) in [4.78, 5) is 8.61. The van der Waals surface area contributed by atoms with E-state index in [9.17, 15) is 0 Å². The lowest BCUT2D eigenvalue weighted by atomic mass is 10.2. The Labute approximate surface area is 137 Å². The van der Waals surface area contributed by atoms with Crippen LogP contribution in [0.15, 0.2) is 47.3 Å². The van der Waals surface area contributed by atoms with Crippen molar-refractivity contribution in [2.75, 3.05) is 5.32 Å². The van der Waals surface area contributed by atoms with Crippen LogP contribution >= 0.6 is 15.9 Å². The van der Waals surface area contributed by atoms with Gasteiger partial charge in [0.25, 0.3) is 0 Å². The van der Waals surface area contributed by atoms with E-state index in [0.29, 0.717) is 6.54 Å². The fourth-order valence-corrected chi connectivity index (χ4v) is 2.58. The number of aromatic nitrogens is 4. The summed E-state index contributed by atoms with van der Waals surface area (Å²) < 4.78 is 2.81. The Bertz CT molecular complexity index is 779. The highest BCUT2D eigenvalue weighted by atomic mass is 79.9. The van der Waals surface area contributed by atoms with Crippen LogP contribution in [0.4, 0.5) is 5.69 Å². The monoisotopic (exact) mass is 357 g/mol. The van der Waals surface area contributed by atoms with Gasteiger partial charge in [0.2, 0.25) is 0 Å². The molecule has 0 aliphatic heterocycles. The molecule has 0 saturated carbocycles. The number of hydrogen-bond acceptors (Lipinski definition) is 4. The largest absolute Gasteiger partial charge is 0.380 e. The molecule has 0 fully saturated rings. The molecule has 0 bridgehead atoms. The Morgan fingerprint density at radius 1 is 1.14 bits per heavy atom. The molecule has 6 heteroatoms. The molecule has 0 unspecified atom stereocenters. The van der Waals surface area contributed by atoms with Crippen molar-refractivity contribution in [3.8, 4) is 5.82 Å². The van der Waals surface area contributed by atoms with Crippen LogP contribution in [-0.2, 0) is 6.54 Å². The van der Waals surface area contributed by atoms with Crippen molar-refractivity contribution in [2.24, 2.45) is 0 Å². The van der Waals surface area contributed by atoms with Gasteiger partial charge in [-0.05, 0) is 53.5 Å². The van der Waals surface area contributed by atoms with Crippen molar-refractivity contribution >= 4 is 21.6 Å². The second kappa shape index (κ2) is 6.27. The Kier molecular flexibility index (Phi) is 4.20. The molecule has 0 amide bonds. The van der Waals surface area contributed by atoms with Crippen molar-refractivity contribution in [2.45, 2.75) is 20.4 Å². The highest BCUT2D eigenvalue weighted by Crippen LogP contribution is 2.15. The SMILES string of the molecule is Cc1cc(C)n(-c2ccc(CNc3cncc(Br)c3)cn2)n1. The third-order valence-corrected chi connectivity index (χ3v) is 3.67. The fraction of sp³-hybridized carbons (Fsp3) is 0.188. The average Bonchev–Trinajstić information content (AvgIpc) is 2.84. The summed E-state index contributed by atoms with van der Waals surface area (Å²) >= 11 is 3.41. The fourth-order valence-electron chi connectivity index (χ4n) is 2.22. The second-order valence-corrected chi connectivity index (χ2v) is 6.02. The summed E-state index contributed by atoms with van der Waals surface area (Å²) in [5.41, 5.74) is 4.14. The van der Waals surface area contributed by atoms with Gasteiger partial charge in [-0.15, -0.1) is 0 Å². The lowest BCUT2D eigenvalue weighted by Gasteiger charge is -2.08. The van der Waals surface area contributed by atoms with Gasteiger partial charge in [-0.2, -0.15) is 5.10 Å². The molecule has 3 aromatic heterocycles. The highest BCUT2D eigenvalue weighted by molar-refractivity contribution is 9.10. The summed E-state index contributed by atoms with van der Waals surface area (Å²) in [5, 5.41) is 7.76. The minimum atomic E-state index is 0.697. The second-order valence-electron chi connectivity index (χ2n) is 5.11. The topological polar surface area (TPSA) is 55.6 Å². The van der Waals surface area contributed by atoms with Gasteiger partial charge in [0, 0.05) is 29.1 Å². The first-order valence-corrected chi connectivity index (χ1v) is 7.74. The molecule has 112 valence electrons. The molecule has 3 heterocycles. The molecule has 0 saturated heterocycles. The third-order valence-electron chi connectivity index (χ3n) is 3.24. The van der Waals surface area contributed by atoms with E-state index in [-0.39, 0.29) is 0 Å². The number of nitrogens with one attached hydrogen (secondary N) is 1. The molecule has 22 heavy (non-hydrogen) atoms. The normalized spacial score (nSPS) is 10.7. The Hall–Kier alpha value is -2.21. The van der Waals surface area contributed by atoms with E-state index in [2.05, 4.69) is 42.4 Å². The van der Waals surface area contributed by atoms with Crippen molar-refractivity contribution in [1.82, 2.24) is 19.7 Å². The maximum atomic E-state index is 4.49. The first-order valence-electron chi connectivity index (χ1n) is 6.95. The predicted molar refractivity (Wildman–Crippen MR) is 90.1 cm³/mol. The lowest BCUT2D eigenvalue weighted by molar-refractivity contribution is 0.804. The van der Waals surface area contributed by atoms with E-state index >= 15 is 0 Å². The average molecular weight is 358 g/mol. The van der Waals surface area contributed by atoms with E-state index in [1.165, 1.54) is 0 Å². The molecule has 0 radical (unpaired) electrons. The predicted octanol–water partition coefficient (Wildman–Crippen LogP) is 3.65. The van der Waals surface area contributed by atoms with Crippen LogP contribution in [0.25, 0.3) is 5.82 Å². The van der Waals surface area contributed by atoms with E-state index in [1.807, 2.05) is 42.9 Å². The van der Waals surface area contributed by atoms with Gasteiger partial charge in [-0.3, -0.25) is 4.98 Å². The van der Waals surface area contributed by atoms with E-state index in [1.54, 1.807) is 12.4 Å². The molecule has 3 rings (SSSR count). The minimum absolute atomic E-state index is 0.697. The standard InChI is InChI=1S/C16H16BrN5/c1-11-5-12(2)22(21-11)16-4-3-13(8-20-16)7-19-15-6-14(17)9-18-10-15/h3-6,8-10,19H,7H2,1-2H3. The van der Waals surface area contributed by atoms with E-state index in [4.69, 9.17) is 0 Å². The van der Waals surface area contributed by atoms with Crippen LogP contribution < -0.4 is 5.32 Å². The van der Waals surface area contributed by atoms with Gasteiger partial charge in [-0.1, -0.05) is 6.07 Å². The number of pyridine rings is 2. The van der Waals surface area contributed by atoms with Gasteiger partial charge in [0.15, 0.2) is 5.82 Å². The number of nitrogens with zero attached hydrogens (tertiary/aromatic N) is 4. The Balaban J connectivity index is 1.70. The molecule has 3 aromatic rings. The van der Waals surface area contributed by atoms with Crippen LogP contribution in [0.5, 0.6) is 0 Å².